The zero-order chi connectivity index (χ0) is 19.2. The topological polar surface area (TPSA) is 50.1 Å². The first-order valence-electron chi connectivity index (χ1n) is 6.94. The van der Waals surface area contributed by atoms with E-state index in [-0.39, 0.29) is 16.3 Å². The van der Waals surface area contributed by atoms with Crippen LogP contribution < -0.4 is 4.74 Å². The highest BCUT2D eigenvalue weighted by Crippen LogP contribution is 2.53. The fourth-order valence-electron chi connectivity index (χ4n) is 2.52. The number of hydrogen-bond acceptors (Lipinski definition) is 3. The van der Waals surface area contributed by atoms with E-state index in [1.54, 1.807) is 6.07 Å². The first-order valence-corrected chi connectivity index (χ1v) is 8.46. The SMILES string of the molecule is N#Cc1cc(Cl)cc(Oc2ccc3c(c2C(F)F)S(=O)C(F)(F)[C@@H]3F)c1. The first kappa shape index (κ1) is 18.6. The quantitative estimate of drug-likeness (QED) is 0.616. The Balaban J connectivity index is 2.14. The van der Waals surface area contributed by atoms with E-state index >= 15 is 0 Å². The summed E-state index contributed by atoms with van der Waals surface area (Å²) < 4.78 is 85.3. The van der Waals surface area contributed by atoms with Gasteiger partial charge in [0.1, 0.15) is 22.3 Å². The highest BCUT2D eigenvalue weighted by Gasteiger charge is 2.57. The van der Waals surface area contributed by atoms with Gasteiger partial charge in [0.2, 0.25) is 6.17 Å². The van der Waals surface area contributed by atoms with Gasteiger partial charge in [-0.1, -0.05) is 17.7 Å². The van der Waals surface area contributed by atoms with Gasteiger partial charge >= 0.3 is 5.25 Å². The molecule has 0 saturated carbocycles. The van der Waals surface area contributed by atoms with Crippen molar-refractivity contribution in [2.45, 2.75) is 22.7 Å². The van der Waals surface area contributed by atoms with Gasteiger partial charge in [0.25, 0.3) is 6.43 Å². The highest BCUT2D eigenvalue weighted by molar-refractivity contribution is 7.86. The summed E-state index contributed by atoms with van der Waals surface area (Å²) in [6.07, 6.45) is -6.30. The van der Waals surface area contributed by atoms with E-state index in [0.29, 0.717) is 0 Å². The first-order chi connectivity index (χ1) is 12.2. The van der Waals surface area contributed by atoms with Gasteiger partial charge in [-0.3, -0.25) is 0 Å². The lowest BCUT2D eigenvalue weighted by molar-refractivity contribution is 0.0143. The van der Waals surface area contributed by atoms with Gasteiger partial charge in [-0.2, -0.15) is 14.0 Å². The third-order valence-electron chi connectivity index (χ3n) is 3.63. The molecule has 0 radical (unpaired) electrons. The normalized spacial score (nSPS) is 20.7. The van der Waals surface area contributed by atoms with Crippen molar-refractivity contribution < 1.29 is 30.9 Å². The fourth-order valence-corrected chi connectivity index (χ4v) is 4.11. The standard InChI is InChI=1S/C16H7ClF5NO2S/c17-8-3-7(6-23)4-9(5-8)25-11-2-1-10-13(12(11)15(19)20)26(24)16(21,22)14(10)18/h1-5,14-15H/t14-,26?/m1/s1. The van der Waals surface area contributed by atoms with Crippen LogP contribution in [-0.4, -0.2) is 9.46 Å². The van der Waals surface area contributed by atoms with Crippen molar-refractivity contribution in [1.82, 2.24) is 0 Å². The van der Waals surface area contributed by atoms with E-state index in [4.69, 9.17) is 21.6 Å². The van der Waals surface area contributed by atoms with Crippen LogP contribution in [0.15, 0.2) is 35.2 Å². The number of rotatable bonds is 3. The summed E-state index contributed by atoms with van der Waals surface area (Å²) in [7, 11) is -3.30. The third kappa shape index (κ3) is 2.93. The van der Waals surface area contributed by atoms with Gasteiger partial charge in [0.05, 0.1) is 22.1 Å². The summed E-state index contributed by atoms with van der Waals surface area (Å²) in [6, 6.07) is 7.21. The molecule has 1 unspecified atom stereocenters. The molecular formula is C16H7ClF5NO2S. The monoisotopic (exact) mass is 407 g/mol. The molecule has 0 fully saturated rings. The number of nitriles is 1. The van der Waals surface area contributed by atoms with Crippen LogP contribution in [0, 0.1) is 11.3 Å². The molecule has 1 aliphatic rings. The molecule has 0 saturated heterocycles. The van der Waals surface area contributed by atoms with E-state index in [2.05, 4.69) is 0 Å². The maximum Gasteiger partial charge on any atom is 0.360 e. The van der Waals surface area contributed by atoms with Crippen molar-refractivity contribution >= 4 is 22.4 Å². The van der Waals surface area contributed by atoms with Crippen molar-refractivity contribution in [3.05, 3.63) is 52.0 Å². The Hall–Kier alpha value is -2.18. The van der Waals surface area contributed by atoms with Crippen molar-refractivity contribution in [2.24, 2.45) is 0 Å². The van der Waals surface area contributed by atoms with Crippen LogP contribution in [0.1, 0.15) is 29.3 Å². The molecule has 2 aromatic carbocycles. The van der Waals surface area contributed by atoms with Gasteiger partial charge in [-0.25, -0.2) is 17.4 Å². The van der Waals surface area contributed by atoms with Crippen LogP contribution >= 0.6 is 11.6 Å². The van der Waals surface area contributed by atoms with Crippen LogP contribution in [0.3, 0.4) is 0 Å². The maximum atomic E-state index is 13.8. The Morgan fingerprint density at radius 3 is 2.58 bits per heavy atom. The van der Waals surface area contributed by atoms with E-state index in [0.717, 1.165) is 12.1 Å². The van der Waals surface area contributed by atoms with Gasteiger partial charge in [0, 0.05) is 10.6 Å². The van der Waals surface area contributed by atoms with Crippen LogP contribution in [0.2, 0.25) is 5.02 Å². The predicted octanol–water partition coefficient (Wildman–Crippen LogP) is 5.67. The number of halogens is 6. The highest BCUT2D eigenvalue weighted by atomic mass is 35.5. The van der Waals surface area contributed by atoms with Crippen LogP contribution in [0.4, 0.5) is 22.0 Å². The molecule has 0 aromatic heterocycles. The summed E-state index contributed by atoms with van der Waals surface area (Å²) in [4.78, 5) is -0.975. The Kier molecular flexibility index (Phi) is 4.67. The van der Waals surface area contributed by atoms with Gasteiger partial charge < -0.3 is 4.74 Å². The summed E-state index contributed by atoms with van der Waals surface area (Å²) in [5.41, 5.74) is -1.77. The minimum absolute atomic E-state index is 0.0752. The average Bonchev–Trinajstić information content (AvgIpc) is 2.74. The molecule has 3 rings (SSSR count). The fraction of sp³-hybridized carbons (Fsp3) is 0.188. The number of benzene rings is 2. The zero-order valence-corrected chi connectivity index (χ0v) is 14.1. The van der Waals surface area contributed by atoms with Crippen LogP contribution in [-0.2, 0) is 10.8 Å². The van der Waals surface area contributed by atoms with Crippen molar-refractivity contribution in [3.63, 3.8) is 0 Å². The lowest BCUT2D eigenvalue weighted by Crippen LogP contribution is -2.22. The van der Waals surface area contributed by atoms with Gasteiger partial charge in [-0.15, -0.1) is 0 Å². The lowest BCUT2D eigenvalue weighted by Gasteiger charge is -2.14. The van der Waals surface area contributed by atoms with Crippen LogP contribution in [0.25, 0.3) is 0 Å². The molecule has 2 atom stereocenters. The molecule has 0 aliphatic carbocycles. The molecule has 1 heterocycles. The average molecular weight is 408 g/mol. The Morgan fingerprint density at radius 2 is 1.96 bits per heavy atom. The molecule has 0 amide bonds. The minimum atomic E-state index is -4.31. The molecule has 3 nitrogen and oxygen atoms in total. The lowest BCUT2D eigenvalue weighted by atomic mass is 10.1. The van der Waals surface area contributed by atoms with Crippen molar-refractivity contribution in [2.75, 3.05) is 0 Å². The van der Waals surface area contributed by atoms with Crippen molar-refractivity contribution in [3.8, 4) is 17.6 Å². The van der Waals surface area contributed by atoms with Crippen LogP contribution in [0.5, 0.6) is 11.5 Å². The second kappa shape index (κ2) is 6.52. The van der Waals surface area contributed by atoms with E-state index in [1.165, 1.54) is 18.2 Å². The molecule has 0 spiro atoms. The molecular weight excluding hydrogens is 401 g/mol. The second-order valence-corrected chi connectivity index (χ2v) is 7.21. The third-order valence-corrected chi connectivity index (χ3v) is 5.38. The second-order valence-electron chi connectivity index (χ2n) is 5.28. The summed E-state index contributed by atoms with van der Waals surface area (Å²) in [5, 5.41) is 4.66. The van der Waals surface area contributed by atoms with Gasteiger partial charge in [0.15, 0.2) is 0 Å². The smallest absolute Gasteiger partial charge is 0.360 e. The Bertz CT molecular complexity index is 960. The molecule has 1 aliphatic heterocycles. The van der Waals surface area contributed by atoms with E-state index < -0.39 is 50.4 Å². The van der Waals surface area contributed by atoms with E-state index in [9.17, 15) is 26.2 Å². The number of fused-ring (bicyclic) bond motifs is 1. The molecule has 136 valence electrons. The Labute approximate surface area is 151 Å². The predicted molar refractivity (Wildman–Crippen MR) is 82.8 cm³/mol. The van der Waals surface area contributed by atoms with E-state index in [1.807, 2.05) is 0 Å². The largest absolute Gasteiger partial charge is 0.457 e. The van der Waals surface area contributed by atoms with Gasteiger partial charge in [-0.05, 0) is 24.3 Å². The molecule has 26 heavy (non-hydrogen) atoms. The molecule has 10 heteroatoms. The summed E-state index contributed by atoms with van der Waals surface area (Å²) in [6.45, 7) is 0. The summed E-state index contributed by atoms with van der Waals surface area (Å²) >= 11 is 5.79. The number of alkyl halides is 5. The minimum Gasteiger partial charge on any atom is -0.457 e. The maximum absolute atomic E-state index is 13.8. The number of nitrogens with zero attached hydrogens (tertiary/aromatic N) is 1. The Morgan fingerprint density at radius 1 is 1.27 bits per heavy atom. The summed E-state index contributed by atoms with van der Waals surface area (Å²) in [5.74, 6) is -0.689. The zero-order valence-electron chi connectivity index (χ0n) is 12.5. The molecule has 0 bridgehead atoms. The molecule has 0 N–H and O–H groups in total. The molecule has 2 aromatic rings. The number of ether oxygens (including phenoxy) is 1. The van der Waals surface area contributed by atoms with Crippen molar-refractivity contribution in [1.29, 1.82) is 5.26 Å². The number of hydrogen-bond donors (Lipinski definition) is 0.